The van der Waals surface area contributed by atoms with E-state index in [1.807, 2.05) is 11.0 Å². The van der Waals surface area contributed by atoms with Crippen molar-refractivity contribution in [2.24, 2.45) is 0 Å². The number of anilines is 1. The molecular formula is C21H22FN3OS. The summed E-state index contributed by atoms with van der Waals surface area (Å²) in [5.41, 5.74) is 1.90. The molecule has 0 bridgehead atoms. The number of rotatable bonds is 5. The number of aromatic nitrogens is 1. The van der Waals surface area contributed by atoms with Gasteiger partial charge in [0.2, 0.25) is 0 Å². The Hall–Kier alpha value is -2.47. The Labute approximate surface area is 162 Å². The monoisotopic (exact) mass is 383 g/mol. The number of likely N-dealkylation sites (tertiary alicyclic amines) is 1. The summed E-state index contributed by atoms with van der Waals surface area (Å²) in [5.74, 6) is -0.347. The summed E-state index contributed by atoms with van der Waals surface area (Å²) in [5, 5.41) is 6.10. The number of fused-ring (bicyclic) bond motifs is 1. The molecule has 1 aliphatic rings. The standard InChI is InChI=1S/C21H22FN3OS/c22-15-6-7-19-17(13-15)20(23-9-8-16-5-4-12-27-16)18(14-24-19)21(26)25-10-2-1-3-11-25/h4-7,12-14H,1-3,8-11H2,(H,23,24). The molecule has 3 heterocycles. The number of piperidine rings is 1. The maximum atomic E-state index is 13.9. The van der Waals surface area contributed by atoms with Crippen molar-refractivity contribution in [1.82, 2.24) is 9.88 Å². The molecule has 6 heteroatoms. The summed E-state index contributed by atoms with van der Waals surface area (Å²) >= 11 is 1.71. The normalized spacial score (nSPS) is 14.5. The highest BCUT2D eigenvalue weighted by molar-refractivity contribution is 7.09. The van der Waals surface area contributed by atoms with Gasteiger partial charge in [0.05, 0.1) is 16.8 Å². The summed E-state index contributed by atoms with van der Waals surface area (Å²) in [7, 11) is 0. The van der Waals surface area contributed by atoms with Crippen molar-refractivity contribution >= 4 is 33.8 Å². The number of thiophene rings is 1. The second kappa shape index (κ2) is 8.05. The van der Waals surface area contributed by atoms with Crippen LogP contribution in [-0.4, -0.2) is 35.4 Å². The number of nitrogens with one attached hydrogen (secondary N) is 1. The van der Waals surface area contributed by atoms with Crippen molar-refractivity contribution < 1.29 is 9.18 Å². The van der Waals surface area contributed by atoms with Crippen molar-refractivity contribution in [2.45, 2.75) is 25.7 Å². The van der Waals surface area contributed by atoms with Gasteiger partial charge < -0.3 is 10.2 Å². The van der Waals surface area contributed by atoms with Crippen LogP contribution in [0.4, 0.5) is 10.1 Å². The molecule has 0 saturated carbocycles. The Morgan fingerprint density at radius 3 is 2.85 bits per heavy atom. The first-order chi connectivity index (χ1) is 13.2. The van der Waals surface area contributed by atoms with Gasteiger partial charge in [-0.25, -0.2) is 4.39 Å². The molecule has 0 aliphatic carbocycles. The van der Waals surface area contributed by atoms with E-state index >= 15 is 0 Å². The Bertz CT molecular complexity index is 936. The van der Waals surface area contributed by atoms with Gasteiger partial charge in [-0.2, -0.15) is 0 Å². The number of nitrogens with zero attached hydrogens (tertiary/aromatic N) is 2. The fourth-order valence-corrected chi connectivity index (χ4v) is 4.26. The molecule has 0 radical (unpaired) electrons. The molecule has 27 heavy (non-hydrogen) atoms. The molecule has 140 valence electrons. The molecule has 2 aromatic heterocycles. The number of pyridine rings is 1. The van der Waals surface area contributed by atoms with Gasteiger partial charge >= 0.3 is 0 Å². The minimum atomic E-state index is -0.326. The zero-order chi connectivity index (χ0) is 18.6. The van der Waals surface area contributed by atoms with E-state index in [9.17, 15) is 9.18 Å². The van der Waals surface area contributed by atoms with Gasteiger partial charge in [-0.05, 0) is 55.3 Å². The van der Waals surface area contributed by atoms with E-state index in [1.165, 1.54) is 17.0 Å². The smallest absolute Gasteiger partial charge is 0.257 e. The van der Waals surface area contributed by atoms with Gasteiger partial charge in [0.15, 0.2) is 0 Å². The Kier molecular flexibility index (Phi) is 5.34. The van der Waals surface area contributed by atoms with Crippen LogP contribution in [0.25, 0.3) is 10.9 Å². The fraction of sp³-hybridized carbons (Fsp3) is 0.333. The minimum absolute atomic E-state index is 0.0213. The van der Waals surface area contributed by atoms with Crippen LogP contribution in [0.3, 0.4) is 0 Å². The van der Waals surface area contributed by atoms with Crippen LogP contribution in [0.2, 0.25) is 0 Å². The zero-order valence-electron chi connectivity index (χ0n) is 15.1. The second-order valence-corrected chi connectivity index (χ2v) is 7.85. The summed E-state index contributed by atoms with van der Waals surface area (Å²) in [6, 6.07) is 8.64. The number of amides is 1. The predicted octanol–water partition coefficient (Wildman–Crippen LogP) is 4.72. The molecule has 1 N–H and O–H groups in total. The molecule has 1 fully saturated rings. The molecule has 1 amide bonds. The topological polar surface area (TPSA) is 45.2 Å². The predicted molar refractivity (Wildman–Crippen MR) is 108 cm³/mol. The average Bonchev–Trinajstić information content (AvgIpc) is 3.22. The lowest BCUT2D eigenvalue weighted by Gasteiger charge is -2.27. The number of hydrogen-bond donors (Lipinski definition) is 1. The van der Waals surface area contributed by atoms with E-state index in [1.54, 1.807) is 23.6 Å². The van der Waals surface area contributed by atoms with E-state index in [4.69, 9.17) is 0 Å². The number of benzene rings is 1. The average molecular weight is 383 g/mol. The van der Waals surface area contributed by atoms with E-state index in [2.05, 4.69) is 21.7 Å². The second-order valence-electron chi connectivity index (χ2n) is 6.82. The van der Waals surface area contributed by atoms with Gasteiger partial charge in [0.1, 0.15) is 5.82 Å². The molecule has 0 atom stereocenters. The maximum Gasteiger partial charge on any atom is 0.257 e. The lowest BCUT2D eigenvalue weighted by Crippen LogP contribution is -2.36. The molecule has 1 aromatic carbocycles. The van der Waals surface area contributed by atoms with Crippen molar-refractivity contribution in [2.75, 3.05) is 25.0 Å². The van der Waals surface area contributed by atoms with Crippen LogP contribution in [0.1, 0.15) is 34.5 Å². The van der Waals surface area contributed by atoms with E-state index in [0.717, 1.165) is 38.8 Å². The highest BCUT2D eigenvalue weighted by Gasteiger charge is 2.22. The lowest BCUT2D eigenvalue weighted by molar-refractivity contribution is 0.0725. The summed E-state index contributed by atoms with van der Waals surface area (Å²) in [6.45, 7) is 2.22. The van der Waals surface area contributed by atoms with E-state index in [0.29, 0.717) is 28.7 Å². The Morgan fingerprint density at radius 1 is 1.22 bits per heavy atom. The summed E-state index contributed by atoms with van der Waals surface area (Å²) in [4.78, 5) is 20.7. The van der Waals surface area contributed by atoms with Crippen LogP contribution in [0.5, 0.6) is 0 Å². The third kappa shape index (κ3) is 3.95. The highest BCUT2D eigenvalue weighted by Crippen LogP contribution is 2.28. The van der Waals surface area contributed by atoms with Gasteiger partial charge in [0, 0.05) is 36.1 Å². The molecule has 4 nitrogen and oxygen atoms in total. The van der Waals surface area contributed by atoms with Crippen molar-refractivity contribution in [3.63, 3.8) is 0 Å². The quantitative estimate of drug-likeness (QED) is 0.694. The van der Waals surface area contributed by atoms with Crippen molar-refractivity contribution in [3.05, 3.63) is 58.2 Å². The van der Waals surface area contributed by atoms with Crippen LogP contribution < -0.4 is 5.32 Å². The lowest BCUT2D eigenvalue weighted by atomic mass is 10.1. The molecular weight excluding hydrogens is 361 g/mol. The van der Waals surface area contributed by atoms with Crippen LogP contribution in [0, 0.1) is 5.82 Å². The number of carbonyl (C=O) groups is 1. The van der Waals surface area contributed by atoms with Gasteiger partial charge in [-0.15, -0.1) is 11.3 Å². The van der Waals surface area contributed by atoms with Crippen LogP contribution in [0.15, 0.2) is 41.9 Å². The van der Waals surface area contributed by atoms with Crippen molar-refractivity contribution in [1.29, 1.82) is 0 Å². The highest BCUT2D eigenvalue weighted by atomic mass is 32.1. The molecule has 0 spiro atoms. The molecule has 4 rings (SSSR count). The zero-order valence-corrected chi connectivity index (χ0v) is 15.9. The molecule has 1 saturated heterocycles. The van der Waals surface area contributed by atoms with E-state index < -0.39 is 0 Å². The largest absolute Gasteiger partial charge is 0.383 e. The summed E-state index contributed by atoms with van der Waals surface area (Å²) in [6.07, 6.45) is 5.71. The SMILES string of the molecule is O=C(c1cnc2ccc(F)cc2c1NCCc1cccs1)N1CCCCC1. The first-order valence-corrected chi connectivity index (χ1v) is 10.2. The first kappa shape index (κ1) is 17.9. The van der Waals surface area contributed by atoms with Gasteiger partial charge in [-0.1, -0.05) is 6.07 Å². The Morgan fingerprint density at radius 2 is 2.07 bits per heavy atom. The van der Waals surface area contributed by atoms with Gasteiger partial charge in [-0.3, -0.25) is 9.78 Å². The van der Waals surface area contributed by atoms with Crippen LogP contribution in [-0.2, 0) is 6.42 Å². The summed E-state index contributed by atoms with van der Waals surface area (Å²) < 4.78 is 13.9. The van der Waals surface area contributed by atoms with Crippen molar-refractivity contribution in [3.8, 4) is 0 Å². The van der Waals surface area contributed by atoms with Crippen LogP contribution >= 0.6 is 11.3 Å². The molecule has 0 unspecified atom stereocenters. The third-order valence-electron chi connectivity index (χ3n) is 4.96. The minimum Gasteiger partial charge on any atom is -0.383 e. The first-order valence-electron chi connectivity index (χ1n) is 9.36. The number of halogens is 1. The number of carbonyl (C=O) groups excluding carboxylic acids is 1. The fourth-order valence-electron chi connectivity index (χ4n) is 3.55. The Balaban J connectivity index is 1.67. The maximum absolute atomic E-state index is 13.9. The third-order valence-corrected chi connectivity index (χ3v) is 5.89. The van der Waals surface area contributed by atoms with E-state index in [-0.39, 0.29) is 11.7 Å². The van der Waals surface area contributed by atoms with Gasteiger partial charge in [0.25, 0.3) is 5.91 Å². The molecule has 3 aromatic rings. The molecule has 1 aliphatic heterocycles. The number of hydrogen-bond acceptors (Lipinski definition) is 4.